The molecule has 0 bridgehead atoms. The van der Waals surface area contributed by atoms with Crippen LogP contribution in [-0.2, 0) is 4.79 Å². The van der Waals surface area contributed by atoms with E-state index >= 15 is 0 Å². The molecular formula is C13H24N4O. The summed E-state index contributed by atoms with van der Waals surface area (Å²) < 4.78 is 0. The number of rotatable bonds is 4. The molecule has 0 saturated carbocycles. The number of hydrogen-bond donors (Lipinski definition) is 1. The highest BCUT2D eigenvalue weighted by Gasteiger charge is 2.14. The Hall–Kier alpha value is -1.52. The van der Waals surface area contributed by atoms with Gasteiger partial charge in [0, 0.05) is 33.7 Å². The summed E-state index contributed by atoms with van der Waals surface area (Å²) in [7, 11) is 3.49. The highest BCUT2D eigenvalue weighted by molar-refractivity contribution is 5.85. The van der Waals surface area contributed by atoms with E-state index in [0.29, 0.717) is 6.54 Å². The Morgan fingerprint density at radius 2 is 2.06 bits per heavy atom. The summed E-state index contributed by atoms with van der Waals surface area (Å²) >= 11 is 0. The monoisotopic (exact) mass is 252 g/mol. The molecule has 5 heteroatoms. The van der Waals surface area contributed by atoms with Gasteiger partial charge < -0.3 is 15.1 Å². The Balaban J connectivity index is 2.60. The number of aliphatic imine (C=N–C) groups is 1. The molecule has 1 amide bonds. The lowest BCUT2D eigenvalue weighted by molar-refractivity contribution is -0.127. The molecule has 1 saturated heterocycles. The molecule has 0 atom stereocenters. The van der Waals surface area contributed by atoms with E-state index in [1.807, 2.05) is 0 Å². The number of hydrogen-bond acceptors (Lipinski definition) is 2. The summed E-state index contributed by atoms with van der Waals surface area (Å²) in [6.07, 6.45) is 5.46. The maximum absolute atomic E-state index is 11.6. The quantitative estimate of drug-likeness (QED) is 0.455. The molecule has 18 heavy (non-hydrogen) atoms. The van der Waals surface area contributed by atoms with Crippen molar-refractivity contribution in [1.82, 2.24) is 15.1 Å². The third kappa shape index (κ3) is 4.77. The Morgan fingerprint density at radius 1 is 1.39 bits per heavy atom. The van der Waals surface area contributed by atoms with Crippen molar-refractivity contribution in [2.45, 2.75) is 19.3 Å². The second kappa shape index (κ2) is 7.74. The SMILES string of the molecule is C=CCNC(=NCC(=O)N(C)C)N1CCCCC1. The fraction of sp³-hybridized carbons (Fsp3) is 0.692. The molecule has 0 aromatic rings. The molecule has 0 aromatic carbocycles. The van der Waals surface area contributed by atoms with Crippen molar-refractivity contribution in [1.29, 1.82) is 0 Å². The van der Waals surface area contributed by atoms with Crippen LogP contribution in [0.1, 0.15) is 19.3 Å². The van der Waals surface area contributed by atoms with Gasteiger partial charge in [0.25, 0.3) is 0 Å². The van der Waals surface area contributed by atoms with Gasteiger partial charge in [0.05, 0.1) is 0 Å². The van der Waals surface area contributed by atoms with Gasteiger partial charge in [0.15, 0.2) is 5.96 Å². The third-order valence-electron chi connectivity index (χ3n) is 2.92. The molecule has 0 aromatic heterocycles. The summed E-state index contributed by atoms with van der Waals surface area (Å²) in [5.74, 6) is 0.842. The molecule has 0 unspecified atom stereocenters. The van der Waals surface area contributed by atoms with Crippen molar-refractivity contribution in [2.24, 2.45) is 4.99 Å². The Labute approximate surface area is 110 Å². The van der Waals surface area contributed by atoms with Crippen molar-refractivity contribution in [3.63, 3.8) is 0 Å². The normalized spacial score (nSPS) is 16.3. The number of nitrogens with one attached hydrogen (secondary N) is 1. The molecule has 1 aliphatic heterocycles. The lowest BCUT2D eigenvalue weighted by atomic mass is 10.1. The highest BCUT2D eigenvalue weighted by Crippen LogP contribution is 2.08. The number of nitrogens with zero attached hydrogens (tertiary/aromatic N) is 3. The number of likely N-dealkylation sites (tertiary alicyclic amines) is 1. The van der Waals surface area contributed by atoms with Crippen molar-refractivity contribution in [3.8, 4) is 0 Å². The molecule has 102 valence electrons. The summed E-state index contributed by atoms with van der Waals surface area (Å²) in [4.78, 5) is 19.7. The van der Waals surface area contributed by atoms with Gasteiger partial charge in [-0.05, 0) is 19.3 Å². The molecule has 1 heterocycles. The van der Waals surface area contributed by atoms with Gasteiger partial charge >= 0.3 is 0 Å². The molecule has 1 N–H and O–H groups in total. The van der Waals surface area contributed by atoms with Gasteiger partial charge in [-0.15, -0.1) is 6.58 Å². The van der Waals surface area contributed by atoms with Crippen LogP contribution in [-0.4, -0.2) is 61.9 Å². The fourth-order valence-electron chi connectivity index (χ4n) is 1.82. The van der Waals surface area contributed by atoms with Gasteiger partial charge in [0.2, 0.25) is 5.91 Å². The molecule has 1 fully saturated rings. The average Bonchev–Trinajstić information content (AvgIpc) is 2.39. The fourth-order valence-corrected chi connectivity index (χ4v) is 1.82. The number of carbonyl (C=O) groups excluding carboxylic acids is 1. The van der Waals surface area contributed by atoms with Crippen molar-refractivity contribution in [3.05, 3.63) is 12.7 Å². The van der Waals surface area contributed by atoms with Crippen LogP contribution in [0, 0.1) is 0 Å². The third-order valence-corrected chi connectivity index (χ3v) is 2.92. The van der Waals surface area contributed by atoms with Crippen molar-refractivity contribution < 1.29 is 4.79 Å². The van der Waals surface area contributed by atoms with Gasteiger partial charge in [-0.3, -0.25) is 4.79 Å². The topological polar surface area (TPSA) is 47.9 Å². The highest BCUT2D eigenvalue weighted by atomic mass is 16.2. The number of carbonyl (C=O) groups is 1. The first kappa shape index (κ1) is 14.5. The van der Waals surface area contributed by atoms with Crippen molar-refractivity contribution >= 4 is 11.9 Å². The zero-order chi connectivity index (χ0) is 13.4. The van der Waals surface area contributed by atoms with E-state index in [0.717, 1.165) is 19.0 Å². The minimum Gasteiger partial charge on any atom is -0.353 e. The van der Waals surface area contributed by atoms with Gasteiger partial charge in [-0.25, -0.2) is 4.99 Å². The second-order valence-corrected chi connectivity index (χ2v) is 4.65. The Morgan fingerprint density at radius 3 is 2.61 bits per heavy atom. The van der Waals surface area contributed by atoms with E-state index in [-0.39, 0.29) is 12.5 Å². The summed E-state index contributed by atoms with van der Waals surface area (Å²) in [6.45, 7) is 6.59. The average molecular weight is 252 g/mol. The zero-order valence-corrected chi connectivity index (χ0v) is 11.5. The summed E-state index contributed by atoms with van der Waals surface area (Å²) in [6, 6.07) is 0. The van der Waals surface area contributed by atoms with Crippen LogP contribution >= 0.6 is 0 Å². The van der Waals surface area contributed by atoms with Gasteiger partial charge in [-0.1, -0.05) is 6.08 Å². The summed E-state index contributed by atoms with van der Waals surface area (Å²) in [5.41, 5.74) is 0. The predicted octanol–water partition coefficient (Wildman–Crippen LogP) is 0.692. The van der Waals surface area contributed by atoms with Crippen molar-refractivity contribution in [2.75, 3.05) is 40.3 Å². The van der Waals surface area contributed by atoms with Crippen LogP contribution in [0.2, 0.25) is 0 Å². The van der Waals surface area contributed by atoms with Crippen LogP contribution in [0.5, 0.6) is 0 Å². The maximum atomic E-state index is 11.6. The lowest BCUT2D eigenvalue weighted by Gasteiger charge is -2.30. The zero-order valence-electron chi connectivity index (χ0n) is 11.5. The number of piperidine rings is 1. The molecular weight excluding hydrogens is 228 g/mol. The molecule has 1 aliphatic rings. The smallest absolute Gasteiger partial charge is 0.243 e. The first-order valence-electron chi connectivity index (χ1n) is 6.49. The Bertz CT molecular complexity index is 306. The summed E-state index contributed by atoms with van der Waals surface area (Å²) in [5, 5.41) is 3.22. The molecule has 0 radical (unpaired) electrons. The van der Waals surface area contributed by atoms with E-state index in [9.17, 15) is 4.79 Å². The van der Waals surface area contributed by atoms with Crippen LogP contribution in [0.15, 0.2) is 17.6 Å². The van der Waals surface area contributed by atoms with Crippen LogP contribution < -0.4 is 5.32 Å². The van der Waals surface area contributed by atoms with E-state index < -0.39 is 0 Å². The lowest BCUT2D eigenvalue weighted by Crippen LogP contribution is -2.44. The minimum absolute atomic E-state index is 0.0184. The number of likely N-dealkylation sites (N-methyl/N-ethyl adjacent to an activating group) is 1. The number of guanidine groups is 1. The Kier molecular flexibility index (Phi) is 6.25. The van der Waals surface area contributed by atoms with E-state index in [4.69, 9.17) is 0 Å². The largest absolute Gasteiger partial charge is 0.353 e. The van der Waals surface area contributed by atoms with Gasteiger partial charge in [-0.2, -0.15) is 0 Å². The van der Waals surface area contributed by atoms with Crippen LogP contribution in [0.4, 0.5) is 0 Å². The first-order chi connectivity index (χ1) is 8.65. The first-order valence-corrected chi connectivity index (χ1v) is 6.49. The molecule has 0 aliphatic carbocycles. The van der Waals surface area contributed by atoms with E-state index in [2.05, 4.69) is 21.8 Å². The standard InChI is InChI=1S/C13H24N4O/c1-4-8-14-13(15-11-12(18)16(2)3)17-9-6-5-7-10-17/h4H,1,5-11H2,2-3H3,(H,14,15). The second-order valence-electron chi connectivity index (χ2n) is 4.65. The minimum atomic E-state index is 0.0184. The number of amides is 1. The molecule has 5 nitrogen and oxygen atoms in total. The maximum Gasteiger partial charge on any atom is 0.243 e. The van der Waals surface area contributed by atoms with E-state index in [1.165, 1.54) is 19.3 Å². The van der Waals surface area contributed by atoms with E-state index in [1.54, 1.807) is 25.1 Å². The molecule has 1 rings (SSSR count). The van der Waals surface area contributed by atoms with Crippen LogP contribution in [0.25, 0.3) is 0 Å². The van der Waals surface area contributed by atoms with Gasteiger partial charge in [0.1, 0.15) is 6.54 Å². The van der Waals surface area contributed by atoms with Crippen LogP contribution in [0.3, 0.4) is 0 Å². The predicted molar refractivity (Wildman–Crippen MR) is 74.6 cm³/mol. The molecule has 0 spiro atoms.